The van der Waals surface area contributed by atoms with Gasteiger partial charge in [0.2, 0.25) is 5.91 Å². The van der Waals surface area contributed by atoms with Gasteiger partial charge in [-0.05, 0) is 12.5 Å². The summed E-state index contributed by atoms with van der Waals surface area (Å²) in [6, 6.07) is 11.8. The molecule has 1 aliphatic heterocycles. The van der Waals surface area contributed by atoms with Crippen LogP contribution in [0.1, 0.15) is 18.9 Å². The molecule has 0 bridgehead atoms. The SMILES string of the molecule is CC1CNC(CC#N)C(=O)N1Cc1ccccc1. The molecule has 4 heteroatoms. The summed E-state index contributed by atoms with van der Waals surface area (Å²) in [5.74, 6) is 0.0270. The molecular weight excluding hydrogens is 226 g/mol. The number of hydrogen-bond donors (Lipinski definition) is 1. The maximum atomic E-state index is 12.2. The molecule has 1 heterocycles. The first-order chi connectivity index (χ1) is 8.72. The van der Waals surface area contributed by atoms with Crippen molar-refractivity contribution in [2.24, 2.45) is 0 Å². The molecule has 0 aliphatic carbocycles. The van der Waals surface area contributed by atoms with Gasteiger partial charge in [0.1, 0.15) is 6.04 Å². The van der Waals surface area contributed by atoms with Crippen LogP contribution in [-0.4, -0.2) is 29.4 Å². The molecule has 2 rings (SSSR count). The average molecular weight is 243 g/mol. The monoisotopic (exact) mass is 243 g/mol. The number of nitrogens with zero attached hydrogens (tertiary/aromatic N) is 2. The Morgan fingerprint density at radius 1 is 1.44 bits per heavy atom. The van der Waals surface area contributed by atoms with Crippen molar-refractivity contribution in [1.29, 1.82) is 5.26 Å². The minimum absolute atomic E-state index is 0.0270. The Bertz CT molecular complexity index is 452. The summed E-state index contributed by atoms with van der Waals surface area (Å²) in [6.45, 7) is 3.38. The normalized spacial score (nSPS) is 23.8. The van der Waals surface area contributed by atoms with Crippen LogP contribution in [0.4, 0.5) is 0 Å². The summed E-state index contributed by atoms with van der Waals surface area (Å²) in [5.41, 5.74) is 1.12. The van der Waals surface area contributed by atoms with Gasteiger partial charge >= 0.3 is 0 Å². The average Bonchev–Trinajstić information content (AvgIpc) is 2.39. The van der Waals surface area contributed by atoms with Crippen LogP contribution in [0.5, 0.6) is 0 Å². The van der Waals surface area contributed by atoms with Gasteiger partial charge in [-0.1, -0.05) is 30.3 Å². The zero-order valence-corrected chi connectivity index (χ0v) is 10.5. The number of benzene rings is 1. The van der Waals surface area contributed by atoms with Gasteiger partial charge in [-0.15, -0.1) is 0 Å². The molecule has 1 aromatic rings. The largest absolute Gasteiger partial charge is 0.333 e. The first kappa shape index (κ1) is 12.6. The van der Waals surface area contributed by atoms with Crippen LogP contribution in [0.15, 0.2) is 30.3 Å². The predicted octanol–water partition coefficient (Wildman–Crippen LogP) is 1.29. The zero-order valence-electron chi connectivity index (χ0n) is 10.5. The summed E-state index contributed by atoms with van der Waals surface area (Å²) in [7, 11) is 0. The molecule has 94 valence electrons. The Morgan fingerprint density at radius 2 is 2.17 bits per heavy atom. The molecule has 1 aromatic carbocycles. The van der Waals surface area contributed by atoms with Gasteiger partial charge < -0.3 is 10.2 Å². The van der Waals surface area contributed by atoms with E-state index in [4.69, 9.17) is 5.26 Å². The molecular formula is C14H17N3O. The Balaban J connectivity index is 2.10. The second kappa shape index (κ2) is 5.65. The number of carbonyl (C=O) groups is 1. The maximum Gasteiger partial charge on any atom is 0.241 e. The fourth-order valence-electron chi connectivity index (χ4n) is 2.19. The van der Waals surface area contributed by atoms with Gasteiger partial charge in [-0.25, -0.2) is 0 Å². The van der Waals surface area contributed by atoms with Gasteiger partial charge in [0, 0.05) is 19.1 Å². The smallest absolute Gasteiger partial charge is 0.241 e. The number of nitriles is 1. The lowest BCUT2D eigenvalue weighted by molar-refractivity contribution is -0.138. The van der Waals surface area contributed by atoms with Gasteiger partial charge in [0.15, 0.2) is 0 Å². The number of rotatable bonds is 3. The molecule has 1 aliphatic rings. The molecule has 1 saturated heterocycles. The summed E-state index contributed by atoms with van der Waals surface area (Å²) in [5, 5.41) is 11.8. The minimum atomic E-state index is -0.352. The molecule has 0 saturated carbocycles. The van der Waals surface area contributed by atoms with Crippen molar-refractivity contribution in [1.82, 2.24) is 10.2 Å². The summed E-state index contributed by atoms with van der Waals surface area (Å²) >= 11 is 0. The third-order valence-corrected chi connectivity index (χ3v) is 3.26. The van der Waals surface area contributed by atoms with Crippen molar-refractivity contribution in [2.75, 3.05) is 6.54 Å². The van der Waals surface area contributed by atoms with E-state index in [-0.39, 0.29) is 24.4 Å². The van der Waals surface area contributed by atoms with E-state index < -0.39 is 0 Å². The summed E-state index contributed by atoms with van der Waals surface area (Å²) in [6.07, 6.45) is 0.233. The first-order valence-corrected chi connectivity index (χ1v) is 6.17. The lowest BCUT2D eigenvalue weighted by Gasteiger charge is -2.37. The van der Waals surface area contributed by atoms with Gasteiger partial charge in [-0.3, -0.25) is 4.79 Å². The number of piperazine rings is 1. The highest BCUT2D eigenvalue weighted by molar-refractivity contribution is 5.83. The summed E-state index contributed by atoms with van der Waals surface area (Å²) in [4.78, 5) is 14.1. The van der Waals surface area contributed by atoms with E-state index >= 15 is 0 Å². The van der Waals surface area contributed by atoms with E-state index in [9.17, 15) is 4.79 Å². The number of nitrogens with one attached hydrogen (secondary N) is 1. The van der Waals surface area contributed by atoms with E-state index in [1.165, 1.54) is 0 Å². The standard InChI is InChI=1S/C14H17N3O/c1-11-9-16-13(7-8-15)14(18)17(11)10-12-5-3-2-4-6-12/h2-6,11,13,16H,7,9-10H2,1H3. The topological polar surface area (TPSA) is 56.1 Å². The first-order valence-electron chi connectivity index (χ1n) is 6.17. The Morgan fingerprint density at radius 3 is 2.83 bits per heavy atom. The minimum Gasteiger partial charge on any atom is -0.333 e. The molecule has 0 aromatic heterocycles. The second-order valence-electron chi connectivity index (χ2n) is 4.62. The lowest BCUT2D eigenvalue weighted by Crippen LogP contribution is -2.58. The predicted molar refractivity (Wildman–Crippen MR) is 68.5 cm³/mol. The van der Waals surface area contributed by atoms with Crippen LogP contribution in [-0.2, 0) is 11.3 Å². The molecule has 4 nitrogen and oxygen atoms in total. The molecule has 1 amide bonds. The third kappa shape index (κ3) is 2.69. The van der Waals surface area contributed by atoms with Crippen LogP contribution in [0.2, 0.25) is 0 Å². The fraction of sp³-hybridized carbons (Fsp3) is 0.429. The van der Waals surface area contributed by atoms with Crippen LogP contribution in [0.3, 0.4) is 0 Å². The highest BCUT2D eigenvalue weighted by atomic mass is 16.2. The van der Waals surface area contributed by atoms with Gasteiger partial charge in [-0.2, -0.15) is 5.26 Å². The Kier molecular flexibility index (Phi) is 3.96. The molecule has 1 N–H and O–H groups in total. The van der Waals surface area contributed by atoms with Gasteiger partial charge in [0.05, 0.1) is 12.5 Å². The van der Waals surface area contributed by atoms with Crippen molar-refractivity contribution < 1.29 is 4.79 Å². The highest BCUT2D eigenvalue weighted by Crippen LogP contribution is 2.14. The fourth-order valence-corrected chi connectivity index (χ4v) is 2.19. The number of hydrogen-bond acceptors (Lipinski definition) is 3. The number of carbonyl (C=O) groups excluding carboxylic acids is 1. The van der Waals surface area contributed by atoms with E-state index in [1.807, 2.05) is 42.2 Å². The lowest BCUT2D eigenvalue weighted by atomic mass is 10.1. The molecule has 2 atom stereocenters. The van der Waals surface area contributed by atoms with E-state index in [1.54, 1.807) is 0 Å². The molecule has 18 heavy (non-hydrogen) atoms. The quantitative estimate of drug-likeness (QED) is 0.870. The Labute approximate surface area is 107 Å². The van der Waals surface area contributed by atoms with Crippen molar-refractivity contribution in [3.63, 3.8) is 0 Å². The van der Waals surface area contributed by atoms with Crippen molar-refractivity contribution in [2.45, 2.75) is 32.0 Å². The molecule has 0 spiro atoms. The van der Waals surface area contributed by atoms with Crippen LogP contribution < -0.4 is 5.32 Å². The molecule has 1 fully saturated rings. The Hall–Kier alpha value is -1.86. The third-order valence-electron chi connectivity index (χ3n) is 3.26. The van der Waals surface area contributed by atoms with E-state index in [0.29, 0.717) is 6.54 Å². The van der Waals surface area contributed by atoms with Crippen molar-refractivity contribution >= 4 is 5.91 Å². The van der Waals surface area contributed by atoms with Crippen LogP contribution in [0.25, 0.3) is 0 Å². The summed E-state index contributed by atoms with van der Waals surface area (Å²) < 4.78 is 0. The van der Waals surface area contributed by atoms with Crippen LogP contribution >= 0.6 is 0 Å². The zero-order chi connectivity index (χ0) is 13.0. The second-order valence-corrected chi connectivity index (χ2v) is 4.62. The van der Waals surface area contributed by atoms with Crippen molar-refractivity contribution in [3.8, 4) is 6.07 Å². The maximum absolute atomic E-state index is 12.2. The molecule has 2 unspecified atom stereocenters. The van der Waals surface area contributed by atoms with E-state index in [0.717, 1.165) is 12.1 Å². The van der Waals surface area contributed by atoms with Crippen LogP contribution in [0, 0.1) is 11.3 Å². The van der Waals surface area contributed by atoms with E-state index in [2.05, 4.69) is 11.4 Å². The van der Waals surface area contributed by atoms with Gasteiger partial charge in [0.25, 0.3) is 0 Å². The molecule has 0 radical (unpaired) electrons. The highest BCUT2D eigenvalue weighted by Gasteiger charge is 2.32. The van der Waals surface area contributed by atoms with Crippen molar-refractivity contribution in [3.05, 3.63) is 35.9 Å². The number of amides is 1.